The van der Waals surface area contributed by atoms with Crippen LogP contribution in [0.5, 0.6) is 0 Å². The van der Waals surface area contributed by atoms with Crippen LogP contribution in [0.15, 0.2) is 29.2 Å². The summed E-state index contributed by atoms with van der Waals surface area (Å²) in [7, 11) is -3.02. The number of esters is 1. The summed E-state index contributed by atoms with van der Waals surface area (Å²) in [6, 6.07) is 2.60. The number of benzene rings is 1. The molecule has 0 bridgehead atoms. The normalized spacial score (nSPS) is 22.4. The van der Waals surface area contributed by atoms with E-state index in [-0.39, 0.29) is 22.8 Å². The molecule has 0 spiro atoms. The number of ketones is 1. The molecule has 1 aromatic rings. The molecule has 148 valence electrons. The third-order valence-corrected chi connectivity index (χ3v) is 6.62. The van der Waals surface area contributed by atoms with Gasteiger partial charge in [-0.3, -0.25) is 19.7 Å². The van der Waals surface area contributed by atoms with Crippen molar-refractivity contribution in [1.82, 2.24) is 4.31 Å². The van der Waals surface area contributed by atoms with E-state index < -0.39 is 38.4 Å². The molecule has 2 rings (SSSR count). The third kappa shape index (κ3) is 4.01. The predicted octanol–water partition coefficient (Wildman–Crippen LogP) is 1.90. The quantitative estimate of drug-likeness (QED) is 0.407. The van der Waals surface area contributed by atoms with Gasteiger partial charge in [-0.05, 0) is 30.9 Å². The monoisotopic (exact) mass is 398 g/mol. The number of nitro benzene ring substituents is 1. The number of nitrogens with zero attached hydrogens (tertiary/aromatic N) is 2. The summed E-state index contributed by atoms with van der Waals surface area (Å²) in [4.78, 5) is 34.0. The maximum absolute atomic E-state index is 13.3. The molecule has 27 heavy (non-hydrogen) atoms. The zero-order chi connectivity index (χ0) is 20.6. The van der Waals surface area contributed by atoms with E-state index in [2.05, 4.69) is 0 Å². The van der Waals surface area contributed by atoms with Crippen LogP contribution in [0.4, 0.5) is 5.69 Å². The lowest BCUT2D eigenvalue weighted by Crippen LogP contribution is -2.49. The minimum atomic E-state index is -4.19. The van der Waals surface area contributed by atoms with Gasteiger partial charge in [0.1, 0.15) is 11.8 Å². The van der Waals surface area contributed by atoms with E-state index in [0.29, 0.717) is 6.42 Å². The van der Waals surface area contributed by atoms with E-state index in [0.717, 1.165) is 28.6 Å². The second-order valence-electron chi connectivity index (χ2n) is 7.26. The largest absolute Gasteiger partial charge is 0.468 e. The van der Waals surface area contributed by atoms with Crippen LogP contribution in [0.1, 0.15) is 33.6 Å². The number of methoxy groups -OCH3 is 1. The molecule has 2 atom stereocenters. The van der Waals surface area contributed by atoms with Crippen molar-refractivity contribution < 1.29 is 27.7 Å². The smallest absolute Gasteiger partial charge is 0.324 e. The Morgan fingerprint density at radius 3 is 2.30 bits per heavy atom. The van der Waals surface area contributed by atoms with E-state index >= 15 is 0 Å². The van der Waals surface area contributed by atoms with Crippen molar-refractivity contribution in [2.75, 3.05) is 7.11 Å². The summed E-state index contributed by atoms with van der Waals surface area (Å²) in [6.07, 6.45) is 0.266. The van der Waals surface area contributed by atoms with Gasteiger partial charge in [-0.2, -0.15) is 4.31 Å². The molecule has 0 saturated carbocycles. The van der Waals surface area contributed by atoms with Crippen molar-refractivity contribution >= 4 is 27.5 Å². The summed E-state index contributed by atoms with van der Waals surface area (Å²) in [5, 5.41) is 10.8. The molecule has 1 aliphatic rings. The molecule has 1 saturated heterocycles. The van der Waals surface area contributed by atoms with Gasteiger partial charge in [0.15, 0.2) is 0 Å². The molecular weight excluding hydrogens is 376 g/mol. The maximum Gasteiger partial charge on any atom is 0.324 e. The number of sulfonamides is 1. The molecule has 0 amide bonds. The molecule has 0 aromatic heterocycles. The first-order valence-corrected chi connectivity index (χ1v) is 9.71. The average molecular weight is 398 g/mol. The van der Waals surface area contributed by atoms with Crippen LogP contribution in [0.25, 0.3) is 0 Å². The van der Waals surface area contributed by atoms with Gasteiger partial charge in [-0.1, -0.05) is 13.8 Å². The van der Waals surface area contributed by atoms with Crippen molar-refractivity contribution in [1.29, 1.82) is 0 Å². The third-order valence-electron chi connectivity index (χ3n) is 4.69. The molecule has 1 fully saturated rings. The van der Waals surface area contributed by atoms with Crippen LogP contribution in [-0.2, 0) is 24.3 Å². The highest BCUT2D eigenvalue weighted by Gasteiger charge is 2.55. The zero-order valence-electron chi connectivity index (χ0n) is 15.5. The predicted molar refractivity (Wildman–Crippen MR) is 95.4 cm³/mol. The fraction of sp³-hybridized carbons (Fsp3) is 0.529. The summed E-state index contributed by atoms with van der Waals surface area (Å²) in [5.41, 5.74) is -0.998. The first-order chi connectivity index (χ1) is 12.4. The van der Waals surface area contributed by atoms with Gasteiger partial charge in [0.05, 0.1) is 16.9 Å². The fourth-order valence-electron chi connectivity index (χ4n) is 3.59. The number of rotatable bonds is 6. The number of non-ortho nitro benzene ring substituents is 1. The van der Waals surface area contributed by atoms with Gasteiger partial charge in [0, 0.05) is 24.6 Å². The topological polar surface area (TPSA) is 124 Å². The molecule has 0 N–H and O–H groups in total. The Hall–Kier alpha value is -2.33. The van der Waals surface area contributed by atoms with Crippen LogP contribution in [0.3, 0.4) is 0 Å². The highest BCUT2D eigenvalue weighted by Crippen LogP contribution is 2.45. The minimum absolute atomic E-state index is 0.0386. The molecule has 9 nitrogen and oxygen atoms in total. The number of hydrogen-bond acceptors (Lipinski definition) is 7. The van der Waals surface area contributed by atoms with E-state index in [1.165, 1.54) is 14.0 Å². The molecule has 1 heterocycles. The van der Waals surface area contributed by atoms with Gasteiger partial charge in [0.2, 0.25) is 10.0 Å². The molecule has 0 radical (unpaired) electrons. The molecule has 0 unspecified atom stereocenters. The van der Waals surface area contributed by atoms with Gasteiger partial charge in [-0.15, -0.1) is 0 Å². The fourth-order valence-corrected chi connectivity index (χ4v) is 5.50. The van der Waals surface area contributed by atoms with Crippen LogP contribution in [0.2, 0.25) is 0 Å². The van der Waals surface area contributed by atoms with E-state index in [1.807, 2.05) is 0 Å². The Bertz CT molecular complexity index is 862. The Balaban J connectivity index is 2.57. The molecular formula is C17H22N2O7S. The lowest BCUT2D eigenvalue weighted by Gasteiger charge is -2.31. The molecule has 1 aliphatic heterocycles. The number of carbonyl (C=O) groups is 2. The van der Waals surface area contributed by atoms with E-state index in [9.17, 15) is 28.1 Å². The second-order valence-corrected chi connectivity index (χ2v) is 9.11. The molecule has 10 heteroatoms. The van der Waals surface area contributed by atoms with Crippen LogP contribution < -0.4 is 0 Å². The summed E-state index contributed by atoms with van der Waals surface area (Å²) >= 11 is 0. The summed E-state index contributed by atoms with van der Waals surface area (Å²) < 4.78 is 32.4. The van der Waals surface area contributed by atoms with Crippen molar-refractivity contribution in [3.63, 3.8) is 0 Å². The van der Waals surface area contributed by atoms with E-state index in [1.54, 1.807) is 13.8 Å². The van der Waals surface area contributed by atoms with Gasteiger partial charge < -0.3 is 4.74 Å². The van der Waals surface area contributed by atoms with Crippen LogP contribution in [-0.4, -0.2) is 48.6 Å². The van der Waals surface area contributed by atoms with Crippen molar-refractivity contribution in [3.8, 4) is 0 Å². The average Bonchev–Trinajstić information content (AvgIpc) is 2.84. The summed E-state index contributed by atoms with van der Waals surface area (Å²) in [5.74, 6) is -0.915. The molecule has 1 aromatic carbocycles. The lowest BCUT2D eigenvalue weighted by molar-refractivity contribution is -0.384. The SMILES string of the molecule is COC(=O)[C@H]1N(S(=O)(=O)c2ccc([N+](=O)[O-])cc2)[C@H](CC(C)=O)CC1(C)C. The highest BCUT2D eigenvalue weighted by molar-refractivity contribution is 7.89. The number of nitro groups is 1. The first-order valence-electron chi connectivity index (χ1n) is 8.27. The zero-order valence-corrected chi connectivity index (χ0v) is 16.4. The van der Waals surface area contributed by atoms with Crippen LogP contribution >= 0.6 is 0 Å². The summed E-state index contributed by atoms with van der Waals surface area (Å²) in [6.45, 7) is 4.84. The second kappa shape index (κ2) is 7.35. The van der Waals surface area contributed by atoms with Gasteiger partial charge >= 0.3 is 5.97 Å². The van der Waals surface area contributed by atoms with Crippen molar-refractivity contribution in [2.45, 2.75) is 50.6 Å². The first kappa shape index (κ1) is 21.0. The highest BCUT2D eigenvalue weighted by atomic mass is 32.2. The Labute approximate surface area is 157 Å². The Morgan fingerprint density at radius 2 is 1.85 bits per heavy atom. The molecule has 0 aliphatic carbocycles. The van der Waals surface area contributed by atoms with E-state index in [4.69, 9.17) is 4.74 Å². The van der Waals surface area contributed by atoms with Gasteiger partial charge in [-0.25, -0.2) is 8.42 Å². The van der Waals surface area contributed by atoms with Crippen LogP contribution in [0, 0.1) is 15.5 Å². The van der Waals surface area contributed by atoms with Gasteiger partial charge in [0.25, 0.3) is 5.69 Å². The minimum Gasteiger partial charge on any atom is -0.468 e. The maximum atomic E-state index is 13.3. The van der Waals surface area contributed by atoms with Crippen molar-refractivity contribution in [3.05, 3.63) is 34.4 Å². The number of Topliss-reactive ketones (excluding diaryl/α,β-unsaturated/α-hetero) is 1. The number of hydrogen-bond donors (Lipinski definition) is 0. The standard InChI is InChI=1S/C17H22N2O7S/c1-11(20)9-13-10-17(2,3)15(16(21)26-4)18(13)27(24,25)14-7-5-12(6-8-14)19(22)23/h5-8,13,15H,9-10H2,1-4H3/t13-,15-/m1/s1. The lowest BCUT2D eigenvalue weighted by atomic mass is 9.83. The van der Waals surface area contributed by atoms with Crippen molar-refractivity contribution in [2.24, 2.45) is 5.41 Å². The Kier molecular flexibility index (Phi) is 5.71. The Morgan fingerprint density at radius 1 is 1.30 bits per heavy atom. The number of carbonyl (C=O) groups excluding carboxylic acids is 2. The number of ether oxygens (including phenoxy) is 1.